The van der Waals surface area contributed by atoms with E-state index in [0.29, 0.717) is 13.1 Å². The standard InChI is InChI=1S/C13H18N4O4/c1-3-14-12-10(5-4-6-11(12)17(20)21)13(19)16-8-7-15-9(2)18/h4-6,14H,3,7-8H2,1-2H3,(H,15,18)(H,16,19). The van der Waals surface area contributed by atoms with Crippen LogP contribution in [0.25, 0.3) is 0 Å². The van der Waals surface area contributed by atoms with E-state index in [4.69, 9.17) is 0 Å². The number of para-hydroxylation sites is 1. The van der Waals surface area contributed by atoms with Crippen LogP contribution in [0.3, 0.4) is 0 Å². The average molecular weight is 294 g/mol. The zero-order valence-electron chi connectivity index (χ0n) is 11.9. The van der Waals surface area contributed by atoms with E-state index in [1.807, 2.05) is 0 Å². The topological polar surface area (TPSA) is 113 Å². The van der Waals surface area contributed by atoms with Crippen LogP contribution in [0, 0.1) is 10.1 Å². The van der Waals surface area contributed by atoms with E-state index in [2.05, 4.69) is 16.0 Å². The van der Waals surface area contributed by atoms with Gasteiger partial charge in [-0.2, -0.15) is 0 Å². The first-order valence-electron chi connectivity index (χ1n) is 6.51. The third-order valence-corrected chi connectivity index (χ3v) is 2.62. The third kappa shape index (κ3) is 4.75. The Labute approximate surface area is 122 Å². The number of hydrogen-bond acceptors (Lipinski definition) is 5. The van der Waals surface area contributed by atoms with E-state index in [-0.39, 0.29) is 29.4 Å². The summed E-state index contributed by atoms with van der Waals surface area (Å²) < 4.78 is 0. The molecule has 0 aliphatic heterocycles. The lowest BCUT2D eigenvalue weighted by Crippen LogP contribution is -2.34. The van der Waals surface area contributed by atoms with Crippen LogP contribution in [0.2, 0.25) is 0 Å². The fourth-order valence-electron chi connectivity index (χ4n) is 1.75. The van der Waals surface area contributed by atoms with Crippen LogP contribution in [-0.4, -0.2) is 36.4 Å². The first-order valence-corrected chi connectivity index (χ1v) is 6.51. The van der Waals surface area contributed by atoms with E-state index < -0.39 is 10.8 Å². The molecule has 1 aromatic rings. The molecule has 0 heterocycles. The van der Waals surface area contributed by atoms with E-state index in [0.717, 1.165) is 0 Å². The quantitative estimate of drug-likeness (QED) is 0.392. The van der Waals surface area contributed by atoms with Gasteiger partial charge in [-0.05, 0) is 13.0 Å². The van der Waals surface area contributed by atoms with Crippen LogP contribution >= 0.6 is 0 Å². The summed E-state index contributed by atoms with van der Waals surface area (Å²) in [6, 6.07) is 4.31. The van der Waals surface area contributed by atoms with Gasteiger partial charge in [0.2, 0.25) is 5.91 Å². The van der Waals surface area contributed by atoms with Gasteiger partial charge in [0.1, 0.15) is 5.69 Å². The Balaban J connectivity index is 2.85. The number of nitro groups is 1. The molecule has 0 aliphatic rings. The summed E-state index contributed by atoms with van der Waals surface area (Å²) >= 11 is 0. The second-order valence-corrected chi connectivity index (χ2v) is 4.23. The van der Waals surface area contributed by atoms with Crippen molar-refractivity contribution in [2.45, 2.75) is 13.8 Å². The Bertz CT molecular complexity index is 545. The summed E-state index contributed by atoms with van der Waals surface area (Å²) in [5.41, 5.74) is 0.252. The molecule has 0 spiro atoms. The first kappa shape index (κ1) is 16.4. The normalized spacial score (nSPS) is 9.81. The predicted octanol–water partition coefficient (Wildman–Crippen LogP) is 0.892. The minimum Gasteiger partial charge on any atom is -0.379 e. The molecule has 1 rings (SSSR count). The maximum atomic E-state index is 12.1. The van der Waals surface area contributed by atoms with Gasteiger partial charge in [-0.15, -0.1) is 0 Å². The summed E-state index contributed by atoms with van der Waals surface area (Å²) in [4.78, 5) is 33.2. The number of rotatable bonds is 7. The summed E-state index contributed by atoms with van der Waals surface area (Å²) in [6.07, 6.45) is 0. The van der Waals surface area contributed by atoms with Gasteiger partial charge in [0.15, 0.2) is 0 Å². The highest BCUT2D eigenvalue weighted by atomic mass is 16.6. The molecule has 8 nitrogen and oxygen atoms in total. The SMILES string of the molecule is CCNc1c(C(=O)NCCNC(C)=O)cccc1[N+](=O)[O-]. The highest BCUT2D eigenvalue weighted by molar-refractivity contribution is 6.01. The van der Waals surface area contributed by atoms with Crippen LogP contribution in [0.1, 0.15) is 24.2 Å². The molecule has 0 unspecified atom stereocenters. The maximum Gasteiger partial charge on any atom is 0.293 e. The lowest BCUT2D eigenvalue weighted by Gasteiger charge is -2.11. The summed E-state index contributed by atoms with van der Waals surface area (Å²) in [7, 11) is 0. The number of anilines is 1. The molecule has 1 aromatic carbocycles. The Morgan fingerprint density at radius 2 is 1.90 bits per heavy atom. The monoisotopic (exact) mass is 294 g/mol. The van der Waals surface area contributed by atoms with E-state index in [1.54, 1.807) is 6.92 Å². The van der Waals surface area contributed by atoms with Crippen molar-refractivity contribution >= 4 is 23.2 Å². The highest BCUT2D eigenvalue weighted by Gasteiger charge is 2.20. The van der Waals surface area contributed by atoms with Crippen molar-refractivity contribution < 1.29 is 14.5 Å². The molecule has 0 saturated heterocycles. The molecule has 3 N–H and O–H groups in total. The largest absolute Gasteiger partial charge is 0.379 e. The molecular formula is C13H18N4O4. The second kappa shape index (κ2) is 7.83. The van der Waals surface area contributed by atoms with Crippen molar-refractivity contribution in [2.24, 2.45) is 0 Å². The zero-order chi connectivity index (χ0) is 15.8. The van der Waals surface area contributed by atoms with Crippen molar-refractivity contribution in [2.75, 3.05) is 25.0 Å². The number of benzene rings is 1. The Morgan fingerprint density at radius 1 is 1.24 bits per heavy atom. The number of carbonyl (C=O) groups excluding carboxylic acids is 2. The minimum absolute atomic E-state index is 0.147. The summed E-state index contributed by atoms with van der Waals surface area (Å²) in [5.74, 6) is -0.618. The molecule has 0 radical (unpaired) electrons. The van der Waals surface area contributed by atoms with Gasteiger partial charge < -0.3 is 16.0 Å². The van der Waals surface area contributed by atoms with Gasteiger partial charge in [-0.25, -0.2) is 0 Å². The molecule has 0 atom stereocenters. The zero-order valence-corrected chi connectivity index (χ0v) is 11.9. The number of nitrogens with one attached hydrogen (secondary N) is 3. The molecule has 0 bridgehead atoms. The van der Waals surface area contributed by atoms with Gasteiger partial charge in [0, 0.05) is 32.6 Å². The van der Waals surface area contributed by atoms with E-state index >= 15 is 0 Å². The van der Waals surface area contributed by atoms with Gasteiger partial charge in [0.05, 0.1) is 10.5 Å². The Hall–Kier alpha value is -2.64. The summed E-state index contributed by atoms with van der Waals surface area (Å²) in [6.45, 7) is 4.16. The van der Waals surface area contributed by atoms with Gasteiger partial charge in [-0.1, -0.05) is 6.07 Å². The average Bonchev–Trinajstić information content (AvgIpc) is 2.43. The Kier molecular flexibility index (Phi) is 6.12. The number of amides is 2. The fourth-order valence-corrected chi connectivity index (χ4v) is 1.75. The molecule has 21 heavy (non-hydrogen) atoms. The fraction of sp³-hybridized carbons (Fsp3) is 0.385. The minimum atomic E-state index is -0.536. The second-order valence-electron chi connectivity index (χ2n) is 4.23. The van der Waals surface area contributed by atoms with E-state index in [9.17, 15) is 19.7 Å². The predicted molar refractivity (Wildman–Crippen MR) is 78.3 cm³/mol. The van der Waals surface area contributed by atoms with Gasteiger partial charge in [0.25, 0.3) is 11.6 Å². The van der Waals surface area contributed by atoms with Crippen molar-refractivity contribution in [3.8, 4) is 0 Å². The van der Waals surface area contributed by atoms with Crippen LogP contribution < -0.4 is 16.0 Å². The molecule has 0 aromatic heterocycles. The molecule has 0 fully saturated rings. The van der Waals surface area contributed by atoms with Crippen LogP contribution in [-0.2, 0) is 4.79 Å². The van der Waals surface area contributed by atoms with Gasteiger partial charge in [-0.3, -0.25) is 19.7 Å². The maximum absolute atomic E-state index is 12.1. The molecule has 0 saturated carbocycles. The van der Waals surface area contributed by atoms with Crippen molar-refractivity contribution in [1.82, 2.24) is 10.6 Å². The molecular weight excluding hydrogens is 276 g/mol. The van der Waals surface area contributed by atoms with Crippen molar-refractivity contribution in [1.29, 1.82) is 0 Å². The number of carbonyl (C=O) groups is 2. The highest BCUT2D eigenvalue weighted by Crippen LogP contribution is 2.28. The lowest BCUT2D eigenvalue weighted by atomic mass is 10.1. The summed E-state index contributed by atoms with van der Waals surface area (Å²) in [5, 5.41) is 19.0. The van der Waals surface area contributed by atoms with Crippen molar-refractivity contribution in [3.63, 3.8) is 0 Å². The number of nitrogens with zero attached hydrogens (tertiary/aromatic N) is 1. The van der Waals surface area contributed by atoms with Crippen molar-refractivity contribution in [3.05, 3.63) is 33.9 Å². The number of hydrogen-bond donors (Lipinski definition) is 3. The van der Waals surface area contributed by atoms with Gasteiger partial charge >= 0.3 is 0 Å². The molecule has 0 aliphatic carbocycles. The number of nitro benzene ring substituents is 1. The Morgan fingerprint density at radius 3 is 2.48 bits per heavy atom. The lowest BCUT2D eigenvalue weighted by molar-refractivity contribution is -0.384. The van der Waals surface area contributed by atoms with Crippen LogP contribution in [0.5, 0.6) is 0 Å². The smallest absolute Gasteiger partial charge is 0.293 e. The molecule has 114 valence electrons. The first-order chi connectivity index (χ1) is 9.97. The van der Waals surface area contributed by atoms with E-state index in [1.165, 1.54) is 25.1 Å². The molecule has 2 amide bonds. The molecule has 8 heteroatoms. The third-order valence-electron chi connectivity index (χ3n) is 2.62. The van der Waals surface area contributed by atoms with Crippen LogP contribution in [0.15, 0.2) is 18.2 Å². The van der Waals surface area contributed by atoms with Crippen LogP contribution in [0.4, 0.5) is 11.4 Å².